The highest BCUT2D eigenvalue weighted by Gasteiger charge is 2.05. The average Bonchev–Trinajstić information content (AvgIpc) is 2.46. The number of carbonyl (C=O) groups is 1. The van der Waals surface area contributed by atoms with Crippen LogP contribution in [0.4, 0.5) is 5.69 Å². The Balaban J connectivity index is 1.80. The molecule has 0 spiro atoms. The number of halogens is 1. The number of rotatable bonds is 5. The van der Waals surface area contributed by atoms with E-state index in [4.69, 9.17) is 17.3 Å². The van der Waals surface area contributed by atoms with Crippen LogP contribution in [0.3, 0.4) is 0 Å². The lowest BCUT2D eigenvalue weighted by atomic mass is 10.2. The van der Waals surface area contributed by atoms with E-state index in [1.54, 1.807) is 0 Å². The van der Waals surface area contributed by atoms with E-state index >= 15 is 0 Å². The van der Waals surface area contributed by atoms with E-state index in [2.05, 4.69) is 5.32 Å². The van der Waals surface area contributed by atoms with Gasteiger partial charge in [-0.3, -0.25) is 4.79 Å². The van der Waals surface area contributed by atoms with Gasteiger partial charge >= 0.3 is 0 Å². The molecule has 3 N–H and O–H groups in total. The van der Waals surface area contributed by atoms with E-state index in [1.807, 2.05) is 49.4 Å². The molecule has 0 saturated carbocycles. The van der Waals surface area contributed by atoms with Crippen molar-refractivity contribution in [1.82, 2.24) is 5.32 Å². The highest BCUT2D eigenvalue weighted by Crippen LogP contribution is 2.23. The monoisotopic (exact) mass is 320 g/mol. The number of carbonyl (C=O) groups excluding carboxylic acids is 1. The molecule has 3 nitrogen and oxygen atoms in total. The zero-order valence-corrected chi connectivity index (χ0v) is 13.3. The van der Waals surface area contributed by atoms with Gasteiger partial charge in [0.25, 0.3) is 0 Å². The highest BCUT2D eigenvalue weighted by molar-refractivity contribution is 8.00. The van der Waals surface area contributed by atoms with E-state index < -0.39 is 0 Å². The third-order valence-electron chi connectivity index (χ3n) is 2.96. The molecular weight excluding hydrogens is 304 g/mol. The Bertz CT molecular complexity index is 629. The summed E-state index contributed by atoms with van der Waals surface area (Å²) in [5, 5.41) is 3.59. The first-order valence-electron chi connectivity index (χ1n) is 6.54. The molecule has 0 aliphatic rings. The number of benzene rings is 2. The molecule has 0 fully saturated rings. The Morgan fingerprint density at radius 3 is 2.62 bits per heavy atom. The fourth-order valence-corrected chi connectivity index (χ4v) is 2.80. The second kappa shape index (κ2) is 7.38. The van der Waals surface area contributed by atoms with Gasteiger partial charge in [0.15, 0.2) is 0 Å². The van der Waals surface area contributed by atoms with Crippen molar-refractivity contribution in [3.05, 3.63) is 58.6 Å². The Labute approximate surface area is 133 Å². The topological polar surface area (TPSA) is 55.1 Å². The van der Waals surface area contributed by atoms with E-state index in [0.717, 1.165) is 21.7 Å². The highest BCUT2D eigenvalue weighted by atomic mass is 35.5. The molecule has 0 atom stereocenters. The second-order valence-corrected chi connectivity index (χ2v) is 6.17. The quantitative estimate of drug-likeness (QED) is 0.653. The van der Waals surface area contributed by atoms with Crippen LogP contribution < -0.4 is 11.1 Å². The lowest BCUT2D eigenvalue weighted by molar-refractivity contribution is -0.118. The average molecular weight is 321 g/mol. The zero-order valence-electron chi connectivity index (χ0n) is 11.7. The fourth-order valence-electron chi connectivity index (χ4n) is 1.83. The smallest absolute Gasteiger partial charge is 0.230 e. The molecule has 1 amide bonds. The van der Waals surface area contributed by atoms with Crippen LogP contribution in [0.25, 0.3) is 0 Å². The van der Waals surface area contributed by atoms with Gasteiger partial charge in [0.05, 0.1) is 5.75 Å². The molecule has 0 radical (unpaired) electrons. The summed E-state index contributed by atoms with van der Waals surface area (Å²) < 4.78 is 0. The fraction of sp³-hybridized carbons (Fsp3) is 0.188. The molecule has 5 heteroatoms. The van der Waals surface area contributed by atoms with E-state index in [9.17, 15) is 4.79 Å². The standard InChI is InChI=1S/C16H17ClN2OS/c1-11-8-14(18)6-7-15(11)21-10-16(20)19-9-12-2-4-13(17)5-3-12/h2-8H,9-10,18H2,1H3,(H,19,20). The largest absolute Gasteiger partial charge is 0.399 e. The lowest BCUT2D eigenvalue weighted by Crippen LogP contribution is -2.24. The molecule has 0 aliphatic heterocycles. The predicted molar refractivity (Wildman–Crippen MR) is 89.6 cm³/mol. The van der Waals surface area contributed by atoms with Crippen LogP contribution in [0.5, 0.6) is 0 Å². The molecule has 0 saturated heterocycles. The number of aryl methyl sites for hydroxylation is 1. The van der Waals surface area contributed by atoms with Gasteiger partial charge in [0, 0.05) is 22.2 Å². The predicted octanol–water partition coefficient (Wildman–Crippen LogP) is 3.64. The summed E-state index contributed by atoms with van der Waals surface area (Å²) in [4.78, 5) is 12.9. The molecule has 0 aromatic heterocycles. The maximum Gasteiger partial charge on any atom is 0.230 e. The van der Waals surface area contributed by atoms with Crippen molar-refractivity contribution in [2.24, 2.45) is 0 Å². The third-order valence-corrected chi connectivity index (χ3v) is 4.39. The second-order valence-electron chi connectivity index (χ2n) is 4.72. The van der Waals surface area contributed by atoms with Gasteiger partial charge in [0.2, 0.25) is 5.91 Å². The first kappa shape index (κ1) is 15.7. The summed E-state index contributed by atoms with van der Waals surface area (Å²) in [5.74, 6) is 0.393. The molecule has 2 aromatic carbocycles. The van der Waals surface area contributed by atoms with Gasteiger partial charge in [-0.15, -0.1) is 11.8 Å². The summed E-state index contributed by atoms with van der Waals surface area (Å²) in [6, 6.07) is 13.1. The zero-order chi connectivity index (χ0) is 15.2. The Morgan fingerprint density at radius 2 is 1.95 bits per heavy atom. The molecule has 2 aromatic rings. The summed E-state index contributed by atoms with van der Waals surface area (Å²) in [6.45, 7) is 2.50. The van der Waals surface area contributed by atoms with Crippen molar-refractivity contribution in [3.8, 4) is 0 Å². The van der Waals surface area contributed by atoms with Crippen molar-refractivity contribution in [2.75, 3.05) is 11.5 Å². The van der Waals surface area contributed by atoms with Gasteiger partial charge in [-0.2, -0.15) is 0 Å². The summed E-state index contributed by atoms with van der Waals surface area (Å²) in [7, 11) is 0. The molecule has 0 bridgehead atoms. The Hall–Kier alpha value is -1.65. The molecule has 0 heterocycles. The lowest BCUT2D eigenvalue weighted by Gasteiger charge is -2.08. The molecule has 0 aliphatic carbocycles. The first-order chi connectivity index (χ1) is 10.0. The van der Waals surface area contributed by atoms with Gasteiger partial charge in [-0.05, 0) is 48.4 Å². The summed E-state index contributed by atoms with van der Waals surface area (Å²) in [5.41, 5.74) is 8.57. The molecular formula is C16H17ClN2OS. The van der Waals surface area contributed by atoms with E-state index in [0.29, 0.717) is 17.3 Å². The SMILES string of the molecule is Cc1cc(N)ccc1SCC(=O)NCc1ccc(Cl)cc1. The molecule has 110 valence electrons. The van der Waals surface area contributed by atoms with Crippen LogP contribution in [0.15, 0.2) is 47.4 Å². The van der Waals surface area contributed by atoms with Crippen molar-refractivity contribution < 1.29 is 4.79 Å². The van der Waals surface area contributed by atoms with Gasteiger partial charge in [-0.1, -0.05) is 23.7 Å². The number of nitrogens with two attached hydrogens (primary N) is 1. The maximum absolute atomic E-state index is 11.9. The normalized spacial score (nSPS) is 10.4. The van der Waals surface area contributed by atoms with Crippen LogP contribution in [-0.4, -0.2) is 11.7 Å². The summed E-state index contributed by atoms with van der Waals surface area (Å²) >= 11 is 7.33. The summed E-state index contributed by atoms with van der Waals surface area (Å²) in [6.07, 6.45) is 0. The molecule has 2 rings (SSSR count). The van der Waals surface area contributed by atoms with Crippen molar-refractivity contribution >= 4 is 35.0 Å². The van der Waals surface area contributed by atoms with Crippen LogP contribution in [0, 0.1) is 6.92 Å². The van der Waals surface area contributed by atoms with E-state index in [-0.39, 0.29) is 5.91 Å². The van der Waals surface area contributed by atoms with Crippen molar-refractivity contribution in [2.45, 2.75) is 18.4 Å². The molecule has 21 heavy (non-hydrogen) atoms. The maximum atomic E-state index is 11.9. The Morgan fingerprint density at radius 1 is 1.24 bits per heavy atom. The number of nitrogen functional groups attached to an aromatic ring is 1. The first-order valence-corrected chi connectivity index (χ1v) is 7.91. The molecule has 0 unspecified atom stereocenters. The number of hydrogen-bond donors (Lipinski definition) is 2. The number of hydrogen-bond acceptors (Lipinski definition) is 3. The van der Waals surface area contributed by atoms with Gasteiger partial charge < -0.3 is 11.1 Å². The van der Waals surface area contributed by atoms with Crippen molar-refractivity contribution in [3.63, 3.8) is 0 Å². The number of nitrogens with one attached hydrogen (secondary N) is 1. The number of thioether (sulfide) groups is 1. The van der Waals surface area contributed by atoms with Crippen LogP contribution in [0.1, 0.15) is 11.1 Å². The minimum absolute atomic E-state index is 0.00572. The van der Waals surface area contributed by atoms with Crippen LogP contribution in [0.2, 0.25) is 5.02 Å². The number of amides is 1. The van der Waals surface area contributed by atoms with Crippen molar-refractivity contribution in [1.29, 1.82) is 0 Å². The Kier molecular flexibility index (Phi) is 5.53. The third kappa shape index (κ3) is 4.99. The number of anilines is 1. The van der Waals surface area contributed by atoms with Crippen LogP contribution >= 0.6 is 23.4 Å². The minimum Gasteiger partial charge on any atom is -0.399 e. The minimum atomic E-state index is 0.00572. The van der Waals surface area contributed by atoms with Gasteiger partial charge in [-0.25, -0.2) is 0 Å². The van der Waals surface area contributed by atoms with Crippen LogP contribution in [-0.2, 0) is 11.3 Å². The van der Waals surface area contributed by atoms with Gasteiger partial charge in [0.1, 0.15) is 0 Å². The van der Waals surface area contributed by atoms with E-state index in [1.165, 1.54) is 11.8 Å².